The van der Waals surface area contributed by atoms with E-state index < -0.39 is 5.60 Å². The SMILES string of the molecule is CCCn1ccnc1CNCC(O)(CC)CC. The number of imidazole rings is 1. The van der Waals surface area contributed by atoms with Gasteiger partial charge in [-0.2, -0.15) is 0 Å². The van der Waals surface area contributed by atoms with Crippen molar-refractivity contribution < 1.29 is 5.11 Å². The maximum absolute atomic E-state index is 10.1. The van der Waals surface area contributed by atoms with E-state index in [1.54, 1.807) is 0 Å². The van der Waals surface area contributed by atoms with Crippen LogP contribution in [0.2, 0.25) is 0 Å². The molecule has 0 atom stereocenters. The Bertz CT molecular complexity index is 318. The van der Waals surface area contributed by atoms with Gasteiger partial charge in [-0.15, -0.1) is 0 Å². The van der Waals surface area contributed by atoms with E-state index in [2.05, 4.69) is 21.8 Å². The first-order valence-corrected chi connectivity index (χ1v) is 6.58. The van der Waals surface area contributed by atoms with E-state index in [1.165, 1.54) is 0 Å². The minimum Gasteiger partial charge on any atom is -0.389 e. The predicted octanol–water partition coefficient (Wildman–Crippen LogP) is 1.93. The van der Waals surface area contributed by atoms with Gasteiger partial charge in [-0.1, -0.05) is 20.8 Å². The molecule has 1 rings (SSSR count). The van der Waals surface area contributed by atoms with Gasteiger partial charge in [0.25, 0.3) is 0 Å². The summed E-state index contributed by atoms with van der Waals surface area (Å²) in [5.41, 5.74) is -0.581. The van der Waals surface area contributed by atoms with Crippen LogP contribution in [-0.2, 0) is 13.1 Å². The van der Waals surface area contributed by atoms with Crippen LogP contribution in [0.15, 0.2) is 12.4 Å². The largest absolute Gasteiger partial charge is 0.389 e. The standard InChI is InChI=1S/C13H25N3O/c1-4-8-16-9-7-15-12(16)10-14-11-13(17,5-2)6-3/h7,9,14,17H,4-6,8,10-11H2,1-3H3. The summed E-state index contributed by atoms with van der Waals surface area (Å²) in [5.74, 6) is 1.04. The lowest BCUT2D eigenvalue weighted by Crippen LogP contribution is -2.39. The molecule has 0 unspecified atom stereocenters. The van der Waals surface area contributed by atoms with E-state index in [0.717, 1.165) is 38.2 Å². The van der Waals surface area contributed by atoms with Crippen LogP contribution < -0.4 is 5.32 Å². The Morgan fingerprint density at radius 1 is 1.35 bits per heavy atom. The zero-order valence-electron chi connectivity index (χ0n) is 11.2. The lowest BCUT2D eigenvalue weighted by atomic mass is 9.98. The van der Waals surface area contributed by atoms with Gasteiger partial charge in [0.1, 0.15) is 5.82 Å². The summed E-state index contributed by atoms with van der Waals surface area (Å²) in [6.45, 7) is 8.54. The summed E-state index contributed by atoms with van der Waals surface area (Å²) in [6.07, 6.45) is 6.50. The van der Waals surface area contributed by atoms with Gasteiger partial charge in [-0.3, -0.25) is 0 Å². The highest BCUT2D eigenvalue weighted by Gasteiger charge is 2.21. The first-order valence-electron chi connectivity index (χ1n) is 6.58. The van der Waals surface area contributed by atoms with Crippen molar-refractivity contribution in [2.24, 2.45) is 0 Å². The van der Waals surface area contributed by atoms with Gasteiger partial charge in [0, 0.05) is 25.5 Å². The maximum atomic E-state index is 10.1. The number of hydrogen-bond acceptors (Lipinski definition) is 3. The molecule has 0 fully saturated rings. The Morgan fingerprint density at radius 2 is 2.06 bits per heavy atom. The smallest absolute Gasteiger partial charge is 0.122 e. The molecule has 0 saturated carbocycles. The fourth-order valence-corrected chi connectivity index (χ4v) is 1.86. The van der Waals surface area contributed by atoms with Crippen molar-refractivity contribution in [3.05, 3.63) is 18.2 Å². The molecule has 4 nitrogen and oxygen atoms in total. The summed E-state index contributed by atoms with van der Waals surface area (Å²) in [6, 6.07) is 0. The van der Waals surface area contributed by atoms with Gasteiger partial charge in [-0.05, 0) is 19.3 Å². The van der Waals surface area contributed by atoms with Gasteiger partial charge in [0.05, 0.1) is 12.1 Å². The Hall–Kier alpha value is -0.870. The number of hydrogen-bond donors (Lipinski definition) is 2. The molecule has 0 spiro atoms. The Morgan fingerprint density at radius 3 is 2.65 bits per heavy atom. The van der Waals surface area contributed by atoms with Crippen molar-refractivity contribution >= 4 is 0 Å². The number of nitrogens with one attached hydrogen (secondary N) is 1. The van der Waals surface area contributed by atoms with E-state index in [4.69, 9.17) is 0 Å². The molecular weight excluding hydrogens is 214 g/mol. The quantitative estimate of drug-likeness (QED) is 0.729. The van der Waals surface area contributed by atoms with Crippen LogP contribution >= 0.6 is 0 Å². The second kappa shape index (κ2) is 6.77. The zero-order chi connectivity index (χ0) is 12.7. The van der Waals surface area contributed by atoms with E-state index in [9.17, 15) is 5.11 Å². The molecule has 1 aromatic rings. The van der Waals surface area contributed by atoms with Crippen molar-refractivity contribution in [3.8, 4) is 0 Å². The molecule has 17 heavy (non-hydrogen) atoms. The molecule has 0 aliphatic heterocycles. The summed E-state index contributed by atoms with van der Waals surface area (Å²) in [4.78, 5) is 4.32. The molecule has 2 N–H and O–H groups in total. The van der Waals surface area contributed by atoms with Crippen molar-refractivity contribution in [1.29, 1.82) is 0 Å². The van der Waals surface area contributed by atoms with Crippen LogP contribution in [0.3, 0.4) is 0 Å². The van der Waals surface area contributed by atoms with Crippen LogP contribution in [0.4, 0.5) is 0 Å². The van der Waals surface area contributed by atoms with Crippen LogP contribution in [0.5, 0.6) is 0 Å². The number of nitrogens with zero attached hydrogens (tertiary/aromatic N) is 2. The Balaban J connectivity index is 2.42. The monoisotopic (exact) mass is 239 g/mol. The third-order valence-corrected chi connectivity index (χ3v) is 3.32. The molecular formula is C13H25N3O. The lowest BCUT2D eigenvalue weighted by Gasteiger charge is -2.25. The number of aliphatic hydroxyl groups is 1. The first kappa shape index (κ1) is 14.2. The van der Waals surface area contributed by atoms with Crippen LogP contribution in [-0.4, -0.2) is 26.8 Å². The molecule has 0 aliphatic carbocycles. The van der Waals surface area contributed by atoms with Gasteiger partial charge in [-0.25, -0.2) is 4.98 Å². The molecule has 0 aromatic carbocycles. The van der Waals surface area contributed by atoms with Gasteiger partial charge < -0.3 is 15.0 Å². The highest BCUT2D eigenvalue weighted by atomic mass is 16.3. The first-order chi connectivity index (χ1) is 8.15. The molecule has 0 saturated heterocycles. The Labute approximate surface area is 104 Å². The summed E-state index contributed by atoms with van der Waals surface area (Å²) >= 11 is 0. The van der Waals surface area contributed by atoms with E-state index in [1.807, 2.05) is 26.2 Å². The normalized spacial score (nSPS) is 12.0. The Kier molecular flexibility index (Phi) is 5.65. The highest BCUT2D eigenvalue weighted by molar-refractivity contribution is 4.92. The molecule has 1 heterocycles. The van der Waals surface area contributed by atoms with E-state index in [0.29, 0.717) is 6.54 Å². The predicted molar refractivity (Wildman–Crippen MR) is 69.8 cm³/mol. The van der Waals surface area contributed by atoms with Crippen LogP contribution in [0, 0.1) is 0 Å². The van der Waals surface area contributed by atoms with Crippen molar-refractivity contribution in [2.45, 2.75) is 58.7 Å². The molecule has 98 valence electrons. The van der Waals surface area contributed by atoms with Gasteiger partial charge in [0.2, 0.25) is 0 Å². The van der Waals surface area contributed by atoms with Crippen LogP contribution in [0.1, 0.15) is 45.9 Å². The molecule has 0 amide bonds. The average Bonchev–Trinajstić information content (AvgIpc) is 2.77. The highest BCUT2D eigenvalue weighted by Crippen LogP contribution is 2.13. The minimum atomic E-state index is -0.581. The van der Waals surface area contributed by atoms with Crippen molar-refractivity contribution in [3.63, 3.8) is 0 Å². The molecule has 1 aromatic heterocycles. The summed E-state index contributed by atoms with van der Waals surface area (Å²) in [5, 5.41) is 13.4. The van der Waals surface area contributed by atoms with Gasteiger partial charge in [0.15, 0.2) is 0 Å². The van der Waals surface area contributed by atoms with Crippen molar-refractivity contribution in [1.82, 2.24) is 14.9 Å². The molecule has 0 aliphatic rings. The third kappa shape index (κ3) is 4.13. The molecule has 0 radical (unpaired) electrons. The summed E-state index contributed by atoms with van der Waals surface area (Å²) < 4.78 is 2.16. The number of aryl methyl sites for hydroxylation is 1. The molecule has 0 bridgehead atoms. The van der Waals surface area contributed by atoms with E-state index >= 15 is 0 Å². The zero-order valence-corrected chi connectivity index (χ0v) is 11.2. The second-order valence-electron chi connectivity index (χ2n) is 4.57. The maximum Gasteiger partial charge on any atom is 0.122 e. The second-order valence-corrected chi connectivity index (χ2v) is 4.57. The average molecular weight is 239 g/mol. The van der Waals surface area contributed by atoms with Crippen LogP contribution in [0.25, 0.3) is 0 Å². The van der Waals surface area contributed by atoms with E-state index in [-0.39, 0.29) is 0 Å². The number of rotatable bonds is 8. The lowest BCUT2D eigenvalue weighted by molar-refractivity contribution is 0.0321. The summed E-state index contributed by atoms with van der Waals surface area (Å²) in [7, 11) is 0. The van der Waals surface area contributed by atoms with Crippen molar-refractivity contribution in [2.75, 3.05) is 6.54 Å². The third-order valence-electron chi connectivity index (χ3n) is 3.32. The van der Waals surface area contributed by atoms with Gasteiger partial charge >= 0.3 is 0 Å². The number of aromatic nitrogens is 2. The topological polar surface area (TPSA) is 50.1 Å². The molecule has 4 heteroatoms. The minimum absolute atomic E-state index is 0.581. The fraction of sp³-hybridized carbons (Fsp3) is 0.769. The fourth-order valence-electron chi connectivity index (χ4n) is 1.86.